The van der Waals surface area contributed by atoms with Gasteiger partial charge in [0.25, 0.3) is 0 Å². The van der Waals surface area contributed by atoms with Crippen LogP contribution in [-0.4, -0.2) is 54.2 Å². The summed E-state index contributed by atoms with van der Waals surface area (Å²) in [5.74, 6) is -0.0975. The van der Waals surface area contributed by atoms with E-state index in [1.807, 2.05) is 23.6 Å². The van der Waals surface area contributed by atoms with E-state index in [0.717, 1.165) is 36.6 Å². The van der Waals surface area contributed by atoms with Crippen molar-refractivity contribution in [1.29, 1.82) is 0 Å². The average molecular weight is 424 g/mol. The number of nitrogens with one attached hydrogen (secondary N) is 1. The van der Waals surface area contributed by atoms with Crippen LogP contribution in [0, 0.1) is 5.82 Å². The molecule has 1 N–H and O–H groups in total. The number of thiophene rings is 1. The predicted molar refractivity (Wildman–Crippen MR) is 110 cm³/mol. The number of Topliss-reactive ketones (excluding diaryl/α,β-unsaturated/α-hetero) is 1. The summed E-state index contributed by atoms with van der Waals surface area (Å²) >= 11 is 1.45. The molecule has 2 heterocycles. The summed E-state index contributed by atoms with van der Waals surface area (Å²) in [4.78, 5) is 29.4. The topological polar surface area (TPSA) is 52.7 Å². The van der Waals surface area contributed by atoms with Crippen molar-refractivity contribution >= 4 is 35.4 Å². The van der Waals surface area contributed by atoms with Crippen molar-refractivity contribution < 1.29 is 14.0 Å². The minimum absolute atomic E-state index is 0. The molecule has 1 aromatic carbocycles. The molecule has 1 aromatic heterocycles. The lowest BCUT2D eigenvalue weighted by Crippen LogP contribution is -2.49. The molecule has 0 spiro atoms. The molecule has 1 atom stereocenters. The monoisotopic (exact) mass is 423 g/mol. The van der Waals surface area contributed by atoms with Crippen molar-refractivity contribution in [3.63, 3.8) is 0 Å². The van der Waals surface area contributed by atoms with Crippen LogP contribution in [0.25, 0.3) is 0 Å². The highest BCUT2D eigenvalue weighted by Crippen LogP contribution is 2.34. The van der Waals surface area contributed by atoms with Gasteiger partial charge in [-0.15, -0.1) is 23.7 Å². The number of nitrogens with zero attached hydrogens (tertiary/aromatic N) is 2. The third-order valence-corrected chi connectivity index (χ3v) is 6.20. The highest BCUT2D eigenvalue weighted by atomic mass is 35.5. The van der Waals surface area contributed by atoms with Gasteiger partial charge in [-0.05, 0) is 23.1 Å². The van der Waals surface area contributed by atoms with Gasteiger partial charge in [0.1, 0.15) is 5.82 Å². The van der Waals surface area contributed by atoms with E-state index in [-0.39, 0.29) is 36.0 Å². The summed E-state index contributed by atoms with van der Waals surface area (Å²) in [5, 5.41) is 4.90. The van der Waals surface area contributed by atoms with Crippen molar-refractivity contribution in [2.24, 2.45) is 0 Å². The van der Waals surface area contributed by atoms with Crippen LogP contribution in [-0.2, 0) is 11.3 Å². The zero-order valence-corrected chi connectivity index (χ0v) is 17.0. The van der Waals surface area contributed by atoms with Crippen molar-refractivity contribution in [2.45, 2.75) is 19.0 Å². The van der Waals surface area contributed by atoms with E-state index in [9.17, 15) is 14.0 Å². The van der Waals surface area contributed by atoms with Gasteiger partial charge in [-0.1, -0.05) is 18.2 Å². The number of hydrogen-bond acceptors (Lipinski definition) is 5. The van der Waals surface area contributed by atoms with E-state index in [4.69, 9.17) is 0 Å². The number of ketones is 1. The summed E-state index contributed by atoms with van der Waals surface area (Å²) in [6.07, 6.45) is 0.365. The Balaban J connectivity index is 0.00000225. The Hall–Kier alpha value is -1.80. The SMILES string of the molecule is Cl.O=C(CN1CCN(Cc2ccccc2F)CC1)NC1CC(=O)c2sccc21. The van der Waals surface area contributed by atoms with Crippen LogP contribution in [0.2, 0.25) is 0 Å². The summed E-state index contributed by atoms with van der Waals surface area (Å²) in [6, 6.07) is 8.60. The Morgan fingerprint density at radius 3 is 2.61 bits per heavy atom. The maximum absolute atomic E-state index is 13.8. The standard InChI is InChI=1S/C20H22FN3O2S.ClH/c21-16-4-2-1-3-14(16)12-23-6-8-24(9-7-23)13-19(26)22-17-11-18(25)20-15(17)5-10-27-20;/h1-5,10,17H,6-9,11-13H2,(H,22,26);1H. The summed E-state index contributed by atoms with van der Waals surface area (Å²) in [7, 11) is 0. The molecule has 0 radical (unpaired) electrons. The Morgan fingerprint density at radius 1 is 1.14 bits per heavy atom. The third kappa shape index (κ3) is 4.60. The minimum Gasteiger partial charge on any atom is -0.348 e. The second kappa shape index (κ2) is 9.13. The normalized spacial score (nSPS) is 19.9. The first-order valence-electron chi connectivity index (χ1n) is 9.18. The molecule has 1 fully saturated rings. The van der Waals surface area contributed by atoms with Crippen LogP contribution in [0.1, 0.15) is 33.3 Å². The number of carbonyl (C=O) groups is 2. The van der Waals surface area contributed by atoms with E-state index in [2.05, 4.69) is 15.1 Å². The van der Waals surface area contributed by atoms with Gasteiger partial charge in [-0.3, -0.25) is 19.4 Å². The Labute approximate surface area is 173 Å². The maximum atomic E-state index is 13.8. The number of amides is 1. The van der Waals surface area contributed by atoms with Gasteiger partial charge in [0, 0.05) is 44.7 Å². The first-order chi connectivity index (χ1) is 13.1. The molecule has 8 heteroatoms. The third-order valence-electron chi connectivity index (χ3n) is 5.23. The highest BCUT2D eigenvalue weighted by molar-refractivity contribution is 7.12. The Bertz CT molecular complexity index is 851. The van der Waals surface area contributed by atoms with Crippen molar-refractivity contribution in [3.8, 4) is 0 Å². The molecule has 5 nitrogen and oxygen atoms in total. The van der Waals surface area contributed by atoms with Crippen molar-refractivity contribution in [1.82, 2.24) is 15.1 Å². The van der Waals surface area contributed by atoms with E-state index < -0.39 is 0 Å². The molecule has 0 saturated carbocycles. The molecule has 2 aromatic rings. The number of piperazine rings is 1. The first-order valence-corrected chi connectivity index (χ1v) is 10.1. The molecule has 1 amide bonds. The molecule has 1 aliphatic heterocycles. The van der Waals surface area contributed by atoms with Gasteiger partial charge in [0.2, 0.25) is 5.91 Å². The van der Waals surface area contributed by atoms with Gasteiger partial charge in [0.15, 0.2) is 5.78 Å². The summed E-state index contributed by atoms with van der Waals surface area (Å²) in [6.45, 7) is 4.08. The van der Waals surface area contributed by atoms with Crippen LogP contribution in [0.5, 0.6) is 0 Å². The minimum atomic E-state index is -0.186. The molecular weight excluding hydrogens is 401 g/mol. The summed E-state index contributed by atoms with van der Waals surface area (Å²) < 4.78 is 13.8. The first kappa shape index (κ1) is 20.9. The predicted octanol–water partition coefficient (Wildman–Crippen LogP) is 2.87. The van der Waals surface area contributed by atoms with E-state index in [1.165, 1.54) is 17.4 Å². The summed E-state index contributed by atoms with van der Waals surface area (Å²) in [5.41, 5.74) is 1.66. The van der Waals surface area contributed by atoms with Crippen molar-refractivity contribution in [3.05, 3.63) is 57.5 Å². The lowest BCUT2D eigenvalue weighted by Gasteiger charge is -2.34. The molecule has 2 aliphatic rings. The van der Waals surface area contributed by atoms with Gasteiger partial charge in [-0.25, -0.2) is 4.39 Å². The fourth-order valence-corrected chi connectivity index (χ4v) is 4.67. The lowest BCUT2D eigenvalue weighted by atomic mass is 10.1. The fourth-order valence-electron chi connectivity index (χ4n) is 3.75. The number of carbonyl (C=O) groups excluding carboxylic acids is 2. The number of rotatable bonds is 5. The maximum Gasteiger partial charge on any atom is 0.234 e. The van der Waals surface area contributed by atoms with E-state index in [0.29, 0.717) is 25.1 Å². The quantitative estimate of drug-likeness (QED) is 0.803. The van der Waals surface area contributed by atoms with Gasteiger partial charge in [-0.2, -0.15) is 0 Å². The lowest BCUT2D eigenvalue weighted by molar-refractivity contribution is -0.123. The van der Waals surface area contributed by atoms with Crippen LogP contribution >= 0.6 is 23.7 Å². The van der Waals surface area contributed by atoms with Crippen LogP contribution in [0.3, 0.4) is 0 Å². The van der Waals surface area contributed by atoms with Crippen LogP contribution in [0.15, 0.2) is 35.7 Å². The molecule has 4 rings (SSSR count). The van der Waals surface area contributed by atoms with Crippen LogP contribution in [0.4, 0.5) is 4.39 Å². The molecule has 1 unspecified atom stereocenters. The Morgan fingerprint density at radius 2 is 1.86 bits per heavy atom. The van der Waals surface area contributed by atoms with E-state index >= 15 is 0 Å². The van der Waals surface area contributed by atoms with Gasteiger partial charge >= 0.3 is 0 Å². The van der Waals surface area contributed by atoms with Crippen LogP contribution < -0.4 is 5.32 Å². The number of benzene rings is 1. The number of hydrogen-bond donors (Lipinski definition) is 1. The molecule has 1 aliphatic carbocycles. The second-order valence-corrected chi connectivity index (χ2v) is 8.01. The van der Waals surface area contributed by atoms with E-state index in [1.54, 1.807) is 6.07 Å². The zero-order chi connectivity index (χ0) is 18.8. The smallest absolute Gasteiger partial charge is 0.234 e. The number of halogens is 2. The molecule has 28 heavy (non-hydrogen) atoms. The highest BCUT2D eigenvalue weighted by Gasteiger charge is 2.32. The zero-order valence-electron chi connectivity index (χ0n) is 15.4. The number of fused-ring (bicyclic) bond motifs is 1. The molecule has 1 saturated heterocycles. The average Bonchev–Trinajstić information content (AvgIpc) is 3.24. The fraction of sp³-hybridized carbons (Fsp3) is 0.400. The molecule has 150 valence electrons. The van der Waals surface area contributed by atoms with Gasteiger partial charge < -0.3 is 5.32 Å². The van der Waals surface area contributed by atoms with Crippen molar-refractivity contribution in [2.75, 3.05) is 32.7 Å². The largest absolute Gasteiger partial charge is 0.348 e. The Kier molecular flexibility index (Phi) is 6.82. The second-order valence-electron chi connectivity index (χ2n) is 7.10. The molecular formula is C20H23ClFN3O2S. The van der Waals surface area contributed by atoms with Gasteiger partial charge in [0.05, 0.1) is 17.5 Å². The molecule has 0 bridgehead atoms.